The molecule has 0 saturated heterocycles. The van der Waals surface area contributed by atoms with Gasteiger partial charge in [0, 0.05) is 17.9 Å². The number of benzene rings is 1. The molecule has 1 aromatic carbocycles. The molecule has 0 aliphatic rings. The smallest absolute Gasteiger partial charge is 0.223 e. The van der Waals surface area contributed by atoms with Gasteiger partial charge in [-0.15, -0.1) is 0 Å². The van der Waals surface area contributed by atoms with Crippen molar-refractivity contribution < 1.29 is 4.39 Å². The first kappa shape index (κ1) is 13.5. The Morgan fingerprint density at radius 1 is 1.16 bits per heavy atom. The van der Waals surface area contributed by atoms with Crippen LogP contribution in [0.2, 0.25) is 0 Å². The lowest BCUT2D eigenvalue weighted by Gasteiger charge is -2.10. The summed E-state index contributed by atoms with van der Waals surface area (Å²) in [5.41, 5.74) is 2.96. The van der Waals surface area contributed by atoms with E-state index in [0.717, 1.165) is 17.0 Å². The summed E-state index contributed by atoms with van der Waals surface area (Å²) in [4.78, 5) is 8.82. The van der Waals surface area contributed by atoms with Crippen molar-refractivity contribution in [3.63, 3.8) is 0 Å². The average molecular weight is 259 g/mol. The zero-order valence-corrected chi connectivity index (χ0v) is 11.4. The quantitative estimate of drug-likeness (QED) is 0.910. The predicted octanol–water partition coefficient (Wildman–Crippen LogP) is 3.66. The summed E-state index contributed by atoms with van der Waals surface area (Å²) in [7, 11) is 0. The first-order chi connectivity index (χ1) is 9.04. The van der Waals surface area contributed by atoms with Gasteiger partial charge in [-0.25, -0.2) is 14.4 Å². The van der Waals surface area contributed by atoms with Gasteiger partial charge in [0.05, 0.1) is 0 Å². The summed E-state index contributed by atoms with van der Waals surface area (Å²) >= 11 is 0. The van der Waals surface area contributed by atoms with Gasteiger partial charge in [-0.1, -0.05) is 26.0 Å². The highest BCUT2D eigenvalue weighted by atomic mass is 19.1. The number of rotatable bonds is 4. The second-order valence-electron chi connectivity index (χ2n) is 4.89. The van der Waals surface area contributed by atoms with Crippen molar-refractivity contribution in [3.8, 4) is 0 Å². The maximum absolute atomic E-state index is 12.8. The van der Waals surface area contributed by atoms with Crippen LogP contribution in [0.4, 0.5) is 10.3 Å². The lowest BCUT2D eigenvalue weighted by molar-refractivity contribution is 0.627. The molecule has 0 aliphatic carbocycles. The Balaban J connectivity index is 2.08. The molecule has 4 heteroatoms. The number of nitrogens with one attached hydrogen (secondary N) is 1. The molecule has 1 aromatic heterocycles. The molecular formula is C15H18FN3. The molecule has 2 aromatic rings. The van der Waals surface area contributed by atoms with Crippen molar-refractivity contribution in [2.75, 3.05) is 5.32 Å². The molecule has 0 fully saturated rings. The van der Waals surface area contributed by atoms with Gasteiger partial charge < -0.3 is 5.32 Å². The predicted molar refractivity (Wildman–Crippen MR) is 74.6 cm³/mol. The molecule has 0 radical (unpaired) electrons. The van der Waals surface area contributed by atoms with E-state index in [1.807, 2.05) is 13.0 Å². The molecule has 0 aliphatic heterocycles. The van der Waals surface area contributed by atoms with Crippen LogP contribution in [0.1, 0.15) is 36.7 Å². The fourth-order valence-electron chi connectivity index (χ4n) is 1.75. The van der Waals surface area contributed by atoms with Gasteiger partial charge in [0.1, 0.15) is 5.82 Å². The van der Waals surface area contributed by atoms with Crippen LogP contribution in [0.15, 0.2) is 30.3 Å². The van der Waals surface area contributed by atoms with E-state index in [0.29, 0.717) is 18.4 Å². The van der Waals surface area contributed by atoms with Gasteiger partial charge in [-0.2, -0.15) is 0 Å². The van der Waals surface area contributed by atoms with Crippen LogP contribution in [0.3, 0.4) is 0 Å². The second kappa shape index (κ2) is 5.78. The van der Waals surface area contributed by atoms with Crippen molar-refractivity contribution >= 4 is 5.95 Å². The Kier molecular flexibility index (Phi) is 4.10. The Labute approximate surface area is 112 Å². The van der Waals surface area contributed by atoms with E-state index in [2.05, 4.69) is 29.1 Å². The van der Waals surface area contributed by atoms with Gasteiger partial charge in [0.15, 0.2) is 0 Å². The Bertz CT molecular complexity index is 550. The highest BCUT2D eigenvalue weighted by molar-refractivity contribution is 5.31. The van der Waals surface area contributed by atoms with E-state index in [9.17, 15) is 4.39 Å². The van der Waals surface area contributed by atoms with Gasteiger partial charge in [-0.3, -0.25) is 0 Å². The summed E-state index contributed by atoms with van der Waals surface area (Å²) in [5, 5.41) is 3.17. The summed E-state index contributed by atoms with van der Waals surface area (Å²) in [6.07, 6.45) is 0. The molecule has 3 nitrogen and oxygen atoms in total. The highest BCUT2D eigenvalue weighted by Crippen LogP contribution is 2.15. The SMILES string of the molecule is Cc1cc(C(C)C)nc(NCc2ccc(F)cc2)n1. The van der Waals surface area contributed by atoms with E-state index >= 15 is 0 Å². The molecule has 0 amide bonds. The van der Waals surface area contributed by atoms with Gasteiger partial charge in [-0.05, 0) is 36.6 Å². The van der Waals surface area contributed by atoms with E-state index in [1.54, 1.807) is 12.1 Å². The van der Waals surface area contributed by atoms with Crippen LogP contribution >= 0.6 is 0 Å². The third-order valence-electron chi connectivity index (χ3n) is 2.83. The Morgan fingerprint density at radius 3 is 2.47 bits per heavy atom. The minimum Gasteiger partial charge on any atom is -0.350 e. The van der Waals surface area contributed by atoms with Crippen LogP contribution < -0.4 is 5.32 Å². The summed E-state index contributed by atoms with van der Waals surface area (Å²) in [5.74, 6) is 0.763. The summed E-state index contributed by atoms with van der Waals surface area (Å²) in [6.45, 7) is 6.74. The van der Waals surface area contributed by atoms with Crippen molar-refractivity contribution in [1.29, 1.82) is 0 Å². The number of aryl methyl sites for hydroxylation is 1. The number of hydrogen-bond donors (Lipinski definition) is 1. The normalized spacial score (nSPS) is 10.8. The van der Waals surface area contributed by atoms with Crippen LogP contribution in [-0.4, -0.2) is 9.97 Å². The van der Waals surface area contributed by atoms with Crippen molar-refractivity contribution in [2.45, 2.75) is 33.2 Å². The van der Waals surface area contributed by atoms with Gasteiger partial charge >= 0.3 is 0 Å². The Morgan fingerprint density at radius 2 is 1.84 bits per heavy atom. The summed E-state index contributed by atoms with van der Waals surface area (Å²) < 4.78 is 12.8. The maximum Gasteiger partial charge on any atom is 0.223 e. The average Bonchev–Trinajstić information content (AvgIpc) is 2.37. The first-order valence-electron chi connectivity index (χ1n) is 6.38. The lowest BCUT2D eigenvalue weighted by atomic mass is 10.1. The molecule has 0 spiro atoms. The fraction of sp³-hybridized carbons (Fsp3) is 0.333. The highest BCUT2D eigenvalue weighted by Gasteiger charge is 2.05. The van der Waals surface area contributed by atoms with Crippen molar-refractivity contribution in [1.82, 2.24) is 9.97 Å². The number of halogens is 1. The number of anilines is 1. The van der Waals surface area contributed by atoms with Crippen molar-refractivity contribution in [2.24, 2.45) is 0 Å². The van der Waals surface area contributed by atoms with Crippen molar-refractivity contribution in [3.05, 3.63) is 53.1 Å². The molecule has 2 rings (SSSR count). The second-order valence-corrected chi connectivity index (χ2v) is 4.89. The van der Waals surface area contributed by atoms with Crippen LogP contribution in [0.25, 0.3) is 0 Å². The molecule has 19 heavy (non-hydrogen) atoms. The van der Waals surface area contributed by atoms with E-state index in [-0.39, 0.29) is 5.82 Å². The number of nitrogens with zero attached hydrogens (tertiary/aromatic N) is 2. The maximum atomic E-state index is 12.8. The standard InChI is InChI=1S/C15H18FN3/c1-10(2)14-8-11(3)18-15(19-14)17-9-12-4-6-13(16)7-5-12/h4-8,10H,9H2,1-3H3,(H,17,18,19). The molecule has 100 valence electrons. The number of aromatic nitrogens is 2. The van der Waals surface area contributed by atoms with Crippen LogP contribution in [-0.2, 0) is 6.54 Å². The van der Waals surface area contributed by atoms with Crippen LogP contribution in [0, 0.1) is 12.7 Å². The van der Waals surface area contributed by atoms with Gasteiger partial charge in [0.25, 0.3) is 0 Å². The minimum absolute atomic E-state index is 0.224. The molecule has 0 bridgehead atoms. The molecule has 1 N–H and O–H groups in total. The monoisotopic (exact) mass is 259 g/mol. The first-order valence-corrected chi connectivity index (χ1v) is 6.38. The lowest BCUT2D eigenvalue weighted by Crippen LogP contribution is -2.07. The number of hydrogen-bond acceptors (Lipinski definition) is 3. The topological polar surface area (TPSA) is 37.8 Å². The Hall–Kier alpha value is -1.97. The van der Waals surface area contributed by atoms with E-state index in [1.165, 1.54) is 12.1 Å². The molecule has 0 atom stereocenters. The van der Waals surface area contributed by atoms with E-state index in [4.69, 9.17) is 0 Å². The third-order valence-corrected chi connectivity index (χ3v) is 2.83. The van der Waals surface area contributed by atoms with Gasteiger partial charge in [0.2, 0.25) is 5.95 Å². The van der Waals surface area contributed by atoms with Crippen LogP contribution in [0.5, 0.6) is 0 Å². The largest absolute Gasteiger partial charge is 0.350 e. The fourth-order valence-corrected chi connectivity index (χ4v) is 1.75. The third kappa shape index (κ3) is 3.74. The molecule has 0 unspecified atom stereocenters. The molecule has 0 saturated carbocycles. The molecule has 1 heterocycles. The zero-order chi connectivity index (χ0) is 13.8. The summed E-state index contributed by atoms with van der Waals surface area (Å²) in [6, 6.07) is 8.40. The molecular weight excluding hydrogens is 241 g/mol. The minimum atomic E-state index is -0.224. The zero-order valence-electron chi connectivity index (χ0n) is 11.4. The van der Waals surface area contributed by atoms with E-state index < -0.39 is 0 Å².